The van der Waals surface area contributed by atoms with E-state index >= 15 is 0 Å². The number of carbonyl (C=O) groups is 2. The first-order chi connectivity index (χ1) is 15.9. The Hall–Kier alpha value is -3.94. The minimum Gasteiger partial charge on any atom is -0.467 e. The van der Waals surface area contributed by atoms with E-state index in [-0.39, 0.29) is 34.9 Å². The van der Waals surface area contributed by atoms with Crippen molar-refractivity contribution >= 4 is 17.7 Å². The minimum absolute atomic E-state index is 0.0554. The third kappa shape index (κ3) is 5.17. The van der Waals surface area contributed by atoms with Gasteiger partial charge < -0.3 is 23.6 Å². The van der Waals surface area contributed by atoms with Gasteiger partial charge in [0, 0.05) is 17.1 Å². The zero-order valence-electron chi connectivity index (χ0n) is 19.0. The molecule has 1 N–H and O–H groups in total. The average molecular weight is 476 g/mol. The number of nitrogens with one attached hydrogen (secondary N) is 1. The number of amides is 1. The van der Waals surface area contributed by atoms with Crippen LogP contribution in [0, 0.1) is 39.0 Å². The Morgan fingerprint density at radius 2 is 1.88 bits per heavy atom. The highest BCUT2D eigenvalue weighted by Crippen LogP contribution is 2.28. The smallest absolute Gasteiger partial charge is 0.406 e. The molecule has 8 nitrogen and oxygen atoms in total. The van der Waals surface area contributed by atoms with Gasteiger partial charge >= 0.3 is 12.1 Å². The van der Waals surface area contributed by atoms with Crippen molar-refractivity contribution in [3.8, 4) is 6.07 Å². The molecule has 0 aliphatic carbocycles. The zero-order chi connectivity index (χ0) is 25.2. The molecule has 0 aromatic carbocycles. The summed E-state index contributed by atoms with van der Waals surface area (Å²) in [6.45, 7) is 4.72. The lowest BCUT2D eigenvalue weighted by Crippen LogP contribution is -2.23. The van der Waals surface area contributed by atoms with Crippen LogP contribution in [0.2, 0.25) is 0 Å². The quantitative estimate of drug-likeness (QED) is 0.510. The maximum absolute atomic E-state index is 12.8. The van der Waals surface area contributed by atoms with Crippen molar-refractivity contribution in [1.29, 1.82) is 5.26 Å². The topological polar surface area (TPSA) is 102 Å². The van der Waals surface area contributed by atoms with E-state index in [0.29, 0.717) is 11.3 Å². The Balaban J connectivity index is 1.74. The van der Waals surface area contributed by atoms with Gasteiger partial charge in [-0.25, -0.2) is 4.79 Å². The van der Waals surface area contributed by atoms with E-state index in [1.165, 1.54) is 26.2 Å². The largest absolute Gasteiger partial charge is 0.467 e. The van der Waals surface area contributed by atoms with Crippen molar-refractivity contribution in [2.75, 3.05) is 11.9 Å². The fourth-order valence-corrected chi connectivity index (χ4v) is 3.69. The van der Waals surface area contributed by atoms with Gasteiger partial charge in [0.1, 0.15) is 24.2 Å². The Bertz CT molecular complexity index is 1260. The van der Waals surface area contributed by atoms with E-state index < -0.39 is 31.2 Å². The summed E-state index contributed by atoms with van der Waals surface area (Å²) < 4.78 is 51.5. The molecule has 11 heteroatoms. The first kappa shape index (κ1) is 24.7. The summed E-state index contributed by atoms with van der Waals surface area (Å²) in [4.78, 5) is 25.0. The number of anilines is 1. The fourth-order valence-electron chi connectivity index (χ4n) is 3.69. The van der Waals surface area contributed by atoms with E-state index in [0.717, 1.165) is 10.3 Å². The summed E-state index contributed by atoms with van der Waals surface area (Å²) in [5.41, 5.74) is 1.97. The Morgan fingerprint density at radius 3 is 2.47 bits per heavy atom. The standard InChI is InChI=1S/C23H23F3N4O4/c1-13-8-18(16(4)30(13)12-23(24,25)26)22(32)34-11-20(31)28-21-19(9-27)14(2)15(3)29(21)10-17-6-5-7-33-17/h5-8H,10-12H2,1-4H3,(H,28,31). The van der Waals surface area contributed by atoms with Crippen LogP contribution in [0.4, 0.5) is 19.0 Å². The highest BCUT2D eigenvalue weighted by molar-refractivity contribution is 5.96. The molecule has 3 heterocycles. The van der Waals surface area contributed by atoms with Crippen LogP contribution in [-0.2, 0) is 22.6 Å². The molecular formula is C23H23F3N4O4. The second-order valence-electron chi connectivity index (χ2n) is 7.82. The summed E-state index contributed by atoms with van der Waals surface area (Å²) in [5.74, 6) is -0.778. The van der Waals surface area contributed by atoms with Crippen molar-refractivity contribution in [1.82, 2.24) is 9.13 Å². The first-order valence-electron chi connectivity index (χ1n) is 10.3. The predicted molar refractivity (Wildman–Crippen MR) is 115 cm³/mol. The van der Waals surface area contributed by atoms with E-state index in [1.54, 1.807) is 30.5 Å². The molecule has 0 bridgehead atoms. The number of nitrogens with zero attached hydrogens (tertiary/aromatic N) is 3. The van der Waals surface area contributed by atoms with Gasteiger partial charge in [-0.2, -0.15) is 18.4 Å². The third-order valence-corrected chi connectivity index (χ3v) is 5.56. The van der Waals surface area contributed by atoms with Gasteiger partial charge in [-0.3, -0.25) is 4.79 Å². The number of esters is 1. The van der Waals surface area contributed by atoms with Crippen molar-refractivity contribution in [3.05, 3.63) is 64.0 Å². The number of hydrogen-bond acceptors (Lipinski definition) is 5. The Morgan fingerprint density at radius 1 is 1.18 bits per heavy atom. The SMILES string of the molecule is Cc1c(C#N)c(NC(=O)COC(=O)c2cc(C)n(CC(F)(F)F)c2C)n(Cc2ccco2)c1C. The Kier molecular flexibility index (Phi) is 6.91. The van der Waals surface area contributed by atoms with E-state index in [1.807, 2.05) is 0 Å². The molecule has 0 fully saturated rings. The van der Waals surface area contributed by atoms with Gasteiger partial charge in [-0.1, -0.05) is 0 Å². The third-order valence-electron chi connectivity index (χ3n) is 5.56. The molecule has 3 rings (SSSR count). The van der Waals surface area contributed by atoms with Crippen molar-refractivity contribution < 1.29 is 31.9 Å². The molecule has 180 valence electrons. The van der Waals surface area contributed by atoms with Crippen molar-refractivity contribution in [3.63, 3.8) is 0 Å². The fraction of sp³-hybridized carbons (Fsp3) is 0.348. The summed E-state index contributed by atoms with van der Waals surface area (Å²) in [6, 6.07) is 6.83. The molecule has 0 unspecified atom stereocenters. The number of furan rings is 1. The second kappa shape index (κ2) is 9.51. The van der Waals surface area contributed by atoms with Crippen LogP contribution >= 0.6 is 0 Å². The molecular weight excluding hydrogens is 453 g/mol. The lowest BCUT2D eigenvalue weighted by Gasteiger charge is -2.13. The molecule has 34 heavy (non-hydrogen) atoms. The van der Waals surface area contributed by atoms with E-state index in [9.17, 15) is 28.0 Å². The lowest BCUT2D eigenvalue weighted by atomic mass is 10.2. The number of alkyl halides is 3. The van der Waals surface area contributed by atoms with Crippen molar-refractivity contribution in [2.24, 2.45) is 0 Å². The number of aryl methyl sites for hydroxylation is 1. The number of hydrogen-bond donors (Lipinski definition) is 1. The van der Waals surface area contributed by atoms with Crippen LogP contribution in [0.25, 0.3) is 0 Å². The minimum atomic E-state index is -4.45. The molecule has 0 radical (unpaired) electrons. The van der Waals surface area contributed by atoms with Gasteiger partial charge in [-0.15, -0.1) is 0 Å². The van der Waals surface area contributed by atoms with E-state index in [2.05, 4.69) is 11.4 Å². The second-order valence-corrected chi connectivity index (χ2v) is 7.82. The van der Waals surface area contributed by atoms with Crippen LogP contribution in [-0.4, -0.2) is 33.8 Å². The molecule has 0 aliphatic heterocycles. The Labute approximate surface area is 193 Å². The number of rotatable bonds is 7. The number of ether oxygens (including phenoxy) is 1. The molecule has 3 aromatic rings. The molecule has 0 saturated heterocycles. The summed E-state index contributed by atoms with van der Waals surface area (Å²) >= 11 is 0. The number of halogens is 3. The summed E-state index contributed by atoms with van der Waals surface area (Å²) in [6.07, 6.45) is -2.94. The highest BCUT2D eigenvalue weighted by Gasteiger charge is 2.30. The molecule has 0 spiro atoms. The normalized spacial score (nSPS) is 11.4. The van der Waals surface area contributed by atoms with Crippen LogP contribution in [0.15, 0.2) is 28.9 Å². The van der Waals surface area contributed by atoms with Crippen LogP contribution in [0.5, 0.6) is 0 Å². The monoisotopic (exact) mass is 476 g/mol. The first-order valence-corrected chi connectivity index (χ1v) is 10.3. The van der Waals surface area contributed by atoms with E-state index in [4.69, 9.17) is 9.15 Å². The molecule has 0 aliphatic rings. The summed E-state index contributed by atoms with van der Waals surface area (Å²) in [7, 11) is 0. The maximum Gasteiger partial charge on any atom is 0.406 e. The maximum atomic E-state index is 12.8. The van der Waals surface area contributed by atoms with Gasteiger partial charge in [0.15, 0.2) is 6.61 Å². The highest BCUT2D eigenvalue weighted by atomic mass is 19.4. The van der Waals surface area contributed by atoms with Crippen LogP contribution in [0.1, 0.15) is 44.3 Å². The van der Waals surface area contributed by atoms with Crippen LogP contribution < -0.4 is 5.32 Å². The number of carbonyl (C=O) groups excluding carboxylic acids is 2. The lowest BCUT2D eigenvalue weighted by molar-refractivity contribution is -0.141. The molecule has 0 saturated carbocycles. The summed E-state index contributed by atoms with van der Waals surface area (Å²) in [5, 5.41) is 12.2. The molecule has 3 aromatic heterocycles. The van der Waals surface area contributed by atoms with Gasteiger partial charge in [0.25, 0.3) is 5.91 Å². The van der Waals surface area contributed by atoms with Gasteiger partial charge in [0.2, 0.25) is 0 Å². The molecule has 0 atom stereocenters. The molecule has 1 amide bonds. The number of nitriles is 1. The van der Waals surface area contributed by atoms with Crippen molar-refractivity contribution in [2.45, 2.75) is 47.0 Å². The van der Waals surface area contributed by atoms with Gasteiger partial charge in [-0.05, 0) is 51.5 Å². The average Bonchev–Trinajstić information content (AvgIpc) is 3.43. The predicted octanol–water partition coefficient (Wildman–Crippen LogP) is 4.39. The zero-order valence-corrected chi connectivity index (χ0v) is 19.0. The van der Waals surface area contributed by atoms with Gasteiger partial charge in [0.05, 0.1) is 23.9 Å². The number of aromatic nitrogens is 2. The van der Waals surface area contributed by atoms with Crippen LogP contribution in [0.3, 0.4) is 0 Å².